The van der Waals surface area contributed by atoms with Crippen LogP contribution in [0.25, 0.3) is 5.69 Å². The maximum Gasteiger partial charge on any atom is 0.271 e. The number of nitrogens with one attached hydrogen (secondary N) is 1. The zero-order valence-corrected chi connectivity index (χ0v) is 10.4. The molecule has 0 aliphatic carbocycles. The molecule has 0 aliphatic rings. The number of hydrogen-bond donors (Lipinski definition) is 1. The maximum absolute atomic E-state index is 10.7. The number of nitro benzene ring substituents is 1. The van der Waals surface area contributed by atoms with E-state index in [1.54, 1.807) is 12.1 Å². The van der Waals surface area contributed by atoms with Crippen molar-refractivity contribution in [1.82, 2.24) is 15.0 Å². The van der Waals surface area contributed by atoms with Crippen molar-refractivity contribution in [2.45, 2.75) is 0 Å². The van der Waals surface area contributed by atoms with Crippen molar-refractivity contribution in [2.75, 3.05) is 11.9 Å². The Kier molecular flexibility index (Phi) is 3.72. The van der Waals surface area contributed by atoms with E-state index in [0.717, 1.165) is 0 Å². The van der Waals surface area contributed by atoms with E-state index >= 15 is 0 Å². The fraction of sp³-hybridized carbons (Fsp3) is 0.0833. The molecule has 20 heavy (non-hydrogen) atoms. The summed E-state index contributed by atoms with van der Waals surface area (Å²) in [6.45, 7) is 3.98. The lowest BCUT2D eigenvalue weighted by atomic mass is 10.3. The predicted octanol–water partition coefficient (Wildman–Crippen LogP) is 1.65. The summed E-state index contributed by atoms with van der Waals surface area (Å²) in [6, 6.07) is 7.75. The van der Waals surface area contributed by atoms with Crippen LogP contribution in [-0.2, 0) is 0 Å². The molecular formula is C12H10N6O2. The lowest BCUT2D eigenvalue weighted by molar-refractivity contribution is -0.384. The van der Waals surface area contributed by atoms with Gasteiger partial charge in [0.1, 0.15) is 6.07 Å². The second-order valence-corrected chi connectivity index (χ2v) is 3.74. The minimum atomic E-state index is -0.505. The van der Waals surface area contributed by atoms with Gasteiger partial charge in [0, 0.05) is 18.7 Å². The Balaban J connectivity index is 2.40. The summed E-state index contributed by atoms with van der Waals surface area (Å²) >= 11 is 0. The van der Waals surface area contributed by atoms with Gasteiger partial charge in [0.2, 0.25) is 5.69 Å². The van der Waals surface area contributed by atoms with Gasteiger partial charge in [-0.2, -0.15) is 5.26 Å². The summed E-state index contributed by atoms with van der Waals surface area (Å²) in [5.41, 5.74) is 0.444. The summed E-state index contributed by atoms with van der Waals surface area (Å²) in [5, 5.41) is 30.7. The molecule has 0 saturated heterocycles. The molecule has 1 N–H and O–H groups in total. The summed E-state index contributed by atoms with van der Waals surface area (Å²) in [4.78, 5) is 11.4. The Morgan fingerprint density at radius 3 is 3.00 bits per heavy atom. The van der Waals surface area contributed by atoms with Crippen molar-refractivity contribution in [3.8, 4) is 11.8 Å². The van der Waals surface area contributed by atoms with Crippen LogP contribution in [0.5, 0.6) is 0 Å². The molecule has 0 atom stereocenters. The molecule has 0 fully saturated rings. The number of hydrogen-bond acceptors (Lipinski definition) is 6. The molecule has 1 heterocycles. The van der Waals surface area contributed by atoms with Gasteiger partial charge in [0.15, 0.2) is 5.82 Å². The van der Waals surface area contributed by atoms with Crippen molar-refractivity contribution < 1.29 is 4.92 Å². The van der Waals surface area contributed by atoms with Crippen LogP contribution in [0.1, 0.15) is 5.69 Å². The number of nitrogens with zero attached hydrogens (tertiary/aromatic N) is 5. The number of nitro groups is 1. The fourth-order valence-electron chi connectivity index (χ4n) is 1.52. The Hall–Kier alpha value is -3.21. The highest BCUT2D eigenvalue weighted by molar-refractivity contribution is 5.49. The molecule has 2 aromatic rings. The van der Waals surface area contributed by atoms with Gasteiger partial charge in [-0.3, -0.25) is 10.1 Å². The van der Waals surface area contributed by atoms with E-state index in [9.17, 15) is 10.1 Å². The van der Waals surface area contributed by atoms with Crippen molar-refractivity contribution in [2.24, 2.45) is 0 Å². The number of rotatable bonds is 5. The van der Waals surface area contributed by atoms with E-state index < -0.39 is 4.92 Å². The van der Waals surface area contributed by atoms with Gasteiger partial charge in [-0.15, -0.1) is 21.6 Å². The molecule has 1 aromatic heterocycles. The van der Waals surface area contributed by atoms with Gasteiger partial charge in [0.25, 0.3) is 5.69 Å². The standard InChI is InChI=1S/C12H10N6O2/c1-2-6-14-12-11(8-13)15-17(16-12)9-4-3-5-10(7-9)18(19)20/h2-5,7H,1,6H2,(H,14,16). The first kappa shape index (κ1) is 13.2. The largest absolute Gasteiger partial charge is 0.363 e. The van der Waals surface area contributed by atoms with Crippen LogP contribution in [0.15, 0.2) is 36.9 Å². The van der Waals surface area contributed by atoms with Gasteiger partial charge in [-0.1, -0.05) is 12.1 Å². The van der Waals surface area contributed by atoms with Crippen molar-refractivity contribution >= 4 is 11.5 Å². The zero-order valence-electron chi connectivity index (χ0n) is 10.4. The molecule has 0 unspecified atom stereocenters. The first-order chi connectivity index (χ1) is 9.65. The van der Waals surface area contributed by atoms with Crippen LogP contribution in [0.4, 0.5) is 11.5 Å². The molecule has 8 nitrogen and oxygen atoms in total. The average Bonchev–Trinajstić information content (AvgIpc) is 2.88. The van der Waals surface area contributed by atoms with Crippen LogP contribution in [0.3, 0.4) is 0 Å². The molecule has 0 saturated carbocycles. The topological polar surface area (TPSA) is 110 Å². The molecule has 2 rings (SSSR count). The maximum atomic E-state index is 10.7. The third kappa shape index (κ3) is 2.62. The van der Waals surface area contributed by atoms with Crippen LogP contribution in [0, 0.1) is 21.4 Å². The lowest BCUT2D eigenvalue weighted by Gasteiger charge is -1.99. The Labute approximate surface area is 114 Å². The summed E-state index contributed by atoms with van der Waals surface area (Å²) < 4.78 is 0. The Morgan fingerprint density at radius 2 is 2.35 bits per heavy atom. The third-order valence-corrected chi connectivity index (χ3v) is 2.40. The molecule has 100 valence electrons. The first-order valence-electron chi connectivity index (χ1n) is 5.62. The highest BCUT2D eigenvalue weighted by Crippen LogP contribution is 2.17. The lowest BCUT2D eigenvalue weighted by Crippen LogP contribution is -2.02. The van der Waals surface area contributed by atoms with Crippen molar-refractivity contribution in [1.29, 1.82) is 5.26 Å². The second-order valence-electron chi connectivity index (χ2n) is 3.74. The molecule has 0 amide bonds. The molecule has 1 aromatic carbocycles. The van der Waals surface area contributed by atoms with E-state index in [2.05, 4.69) is 22.1 Å². The average molecular weight is 270 g/mol. The molecule has 0 radical (unpaired) electrons. The van der Waals surface area contributed by atoms with Crippen LogP contribution < -0.4 is 5.32 Å². The van der Waals surface area contributed by atoms with Gasteiger partial charge >= 0.3 is 0 Å². The van der Waals surface area contributed by atoms with Crippen molar-refractivity contribution in [3.63, 3.8) is 0 Å². The van der Waals surface area contributed by atoms with E-state index in [0.29, 0.717) is 18.1 Å². The van der Waals surface area contributed by atoms with Crippen molar-refractivity contribution in [3.05, 3.63) is 52.7 Å². The number of benzene rings is 1. The number of anilines is 1. The Morgan fingerprint density at radius 1 is 1.55 bits per heavy atom. The van der Waals surface area contributed by atoms with Crippen LogP contribution >= 0.6 is 0 Å². The minimum Gasteiger partial charge on any atom is -0.363 e. The van der Waals surface area contributed by atoms with E-state index in [1.807, 2.05) is 6.07 Å². The number of nitriles is 1. The predicted molar refractivity (Wildman–Crippen MR) is 71.4 cm³/mol. The number of non-ortho nitro benzene ring substituents is 1. The zero-order chi connectivity index (χ0) is 14.5. The van der Waals surface area contributed by atoms with E-state index in [1.165, 1.54) is 23.0 Å². The first-order valence-corrected chi connectivity index (χ1v) is 5.62. The quantitative estimate of drug-likeness (QED) is 0.502. The molecule has 0 spiro atoms. The van der Waals surface area contributed by atoms with Gasteiger partial charge in [-0.05, 0) is 6.07 Å². The normalized spacial score (nSPS) is 9.75. The van der Waals surface area contributed by atoms with Crippen LogP contribution in [-0.4, -0.2) is 26.5 Å². The van der Waals surface area contributed by atoms with Gasteiger partial charge in [0.05, 0.1) is 10.6 Å². The third-order valence-electron chi connectivity index (χ3n) is 2.40. The highest BCUT2D eigenvalue weighted by atomic mass is 16.6. The monoisotopic (exact) mass is 270 g/mol. The minimum absolute atomic E-state index is 0.0705. The fourth-order valence-corrected chi connectivity index (χ4v) is 1.52. The highest BCUT2D eigenvalue weighted by Gasteiger charge is 2.13. The van der Waals surface area contributed by atoms with Gasteiger partial charge in [-0.25, -0.2) is 0 Å². The molecule has 0 bridgehead atoms. The molecule has 8 heteroatoms. The summed E-state index contributed by atoms with van der Waals surface area (Å²) in [7, 11) is 0. The molecule has 0 aliphatic heterocycles. The number of aromatic nitrogens is 3. The van der Waals surface area contributed by atoms with Crippen LogP contribution in [0.2, 0.25) is 0 Å². The Bertz CT molecular complexity index is 700. The van der Waals surface area contributed by atoms with E-state index in [4.69, 9.17) is 5.26 Å². The SMILES string of the molecule is C=CCNc1nn(-c2cccc([N+](=O)[O-])c2)nc1C#N. The second kappa shape index (κ2) is 5.62. The van der Waals surface area contributed by atoms with E-state index in [-0.39, 0.29) is 11.4 Å². The molecular weight excluding hydrogens is 260 g/mol. The smallest absolute Gasteiger partial charge is 0.271 e. The summed E-state index contributed by atoms with van der Waals surface area (Å²) in [5.74, 6) is 0.305. The van der Waals surface area contributed by atoms with Gasteiger partial charge < -0.3 is 5.32 Å². The summed E-state index contributed by atoms with van der Waals surface area (Å²) in [6.07, 6.45) is 1.62.